The summed E-state index contributed by atoms with van der Waals surface area (Å²) in [4.78, 5) is 2.44. The highest BCUT2D eigenvalue weighted by molar-refractivity contribution is 7.91. The van der Waals surface area contributed by atoms with Crippen molar-refractivity contribution < 1.29 is 8.42 Å². The summed E-state index contributed by atoms with van der Waals surface area (Å²) >= 11 is 1.09. The van der Waals surface area contributed by atoms with Crippen molar-refractivity contribution in [3.8, 4) is 0 Å². The standard InChI is InChI=1S/C11H22N4O2S2/c1-4-15(5-2)8-6-7-13-11-9(19(3,16)17)10(12)14-18-11/h13H,4-8H2,1-3H3,(H2,12,14). The molecule has 110 valence electrons. The number of nitrogen functional groups attached to an aromatic ring is 1. The summed E-state index contributed by atoms with van der Waals surface area (Å²) in [5.41, 5.74) is 5.59. The molecule has 0 unspecified atom stereocenters. The maximum atomic E-state index is 11.6. The molecule has 0 saturated carbocycles. The average Bonchev–Trinajstić information content (AvgIpc) is 2.70. The summed E-state index contributed by atoms with van der Waals surface area (Å²) in [6, 6.07) is 0. The van der Waals surface area contributed by atoms with Gasteiger partial charge in [-0.2, -0.15) is 4.37 Å². The molecule has 0 spiro atoms. The Kier molecular flexibility index (Phi) is 6.02. The Morgan fingerprint density at radius 2 is 2.00 bits per heavy atom. The lowest BCUT2D eigenvalue weighted by molar-refractivity contribution is 0.303. The summed E-state index contributed by atoms with van der Waals surface area (Å²) in [6.45, 7) is 8.01. The molecule has 1 rings (SSSR count). The van der Waals surface area contributed by atoms with Gasteiger partial charge in [0.25, 0.3) is 0 Å². The van der Waals surface area contributed by atoms with Gasteiger partial charge < -0.3 is 16.0 Å². The molecular weight excluding hydrogens is 284 g/mol. The monoisotopic (exact) mass is 306 g/mol. The first-order valence-corrected chi connectivity index (χ1v) is 8.98. The van der Waals surface area contributed by atoms with Gasteiger partial charge in [-0.25, -0.2) is 8.42 Å². The van der Waals surface area contributed by atoms with Crippen LogP contribution in [0.4, 0.5) is 10.8 Å². The van der Waals surface area contributed by atoms with E-state index in [1.807, 2.05) is 0 Å². The molecule has 0 aromatic carbocycles. The summed E-state index contributed by atoms with van der Waals surface area (Å²) in [7, 11) is -3.33. The minimum Gasteiger partial charge on any atom is -0.382 e. The number of hydrogen-bond donors (Lipinski definition) is 2. The maximum absolute atomic E-state index is 11.6. The number of hydrogen-bond acceptors (Lipinski definition) is 7. The molecule has 0 aliphatic carbocycles. The molecule has 1 aromatic heterocycles. The number of anilines is 2. The van der Waals surface area contributed by atoms with Gasteiger partial charge in [0.15, 0.2) is 15.7 Å². The van der Waals surface area contributed by atoms with E-state index in [-0.39, 0.29) is 10.7 Å². The smallest absolute Gasteiger partial charge is 0.182 e. The van der Waals surface area contributed by atoms with E-state index in [4.69, 9.17) is 5.73 Å². The number of rotatable bonds is 8. The van der Waals surface area contributed by atoms with Crippen molar-refractivity contribution in [2.24, 2.45) is 0 Å². The molecule has 0 fully saturated rings. The Morgan fingerprint density at radius 3 is 2.53 bits per heavy atom. The number of nitrogens with one attached hydrogen (secondary N) is 1. The lowest BCUT2D eigenvalue weighted by Gasteiger charge is -2.17. The molecule has 0 atom stereocenters. The molecule has 3 N–H and O–H groups in total. The second-order valence-electron chi connectivity index (χ2n) is 4.31. The van der Waals surface area contributed by atoms with Crippen LogP contribution in [0, 0.1) is 0 Å². The first-order chi connectivity index (χ1) is 8.90. The van der Waals surface area contributed by atoms with Gasteiger partial charge in [0.1, 0.15) is 9.90 Å². The van der Waals surface area contributed by atoms with E-state index < -0.39 is 9.84 Å². The van der Waals surface area contributed by atoms with Gasteiger partial charge in [-0.05, 0) is 37.6 Å². The van der Waals surface area contributed by atoms with Crippen molar-refractivity contribution in [3.63, 3.8) is 0 Å². The molecule has 0 aliphatic rings. The summed E-state index contributed by atoms with van der Waals surface area (Å²) < 4.78 is 27.1. The topological polar surface area (TPSA) is 88.3 Å². The molecule has 1 heterocycles. The van der Waals surface area contributed by atoms with E-state index in [1.165, 1.54) is 0 Å². The minimum atomic E-state index is -3.33. The van der Waals surface area contributed by atoms with Crippen LogP contribution >= 0.6 is 11.5 Å². The molecule has 0 bridgehead atoms. The zero-order valence-electron chi connectivity index (χ0n) is 11.6. The lowest BCUT2D eigenvalue weighted by atomic mass is 10.3. The fourth-order valence-electron chi connectivity index (χ4n) is 1.81. The molecule has 1 aromatic rings. The normalized spacial score (nSPS) is 12.0. The van der Waals surface area contributed by atoms with Crippen LogP contribution in [0.1, 0.15) is 20.3 Å². The van der Waals surface area contributed by atoms with Crippen LogP contribution in [0.5, 0.6) is 0 Å². The first-order valence-electron chi connectivity index (χ1n) is 6.31. The van der Waals surface area contributed by atoms with E-state index in [0.717, 1.165) is 43.8 Å². The average molecular weight is 306 g/mol. The Balaban J connectivity index is 2.56. The van der Waals surface area contributed by atoms with Crippen molar-refractivity contribution in [3.05, 3.63) is 0 Å². The number of sulfone groups is 1. The quantitative estimate of drug-likeness (QED) is 0.703. The van der Waals surface area contributed by atoms with Gasteiger partial charge in [0, 0.05) is 12.8 Å². The lowest BCUT2D eigenvalue weighted by Crippen LogP contribution is -2.25. The van der Waals surface area contributed by atoms with Gasteiger partial charge in [0.05, 0.1) is 0 Å². The van der Waals surface area contributed by atoms with Gasteiger partial charge in [0.2, 0.25) is 0 Å². The van der Waals surface area contributed by atoms with E-state index in [0.29, 0.717) is 11.5 Å². The fraction of sp³-hybridized carbons (Fsp3) is 0.727. The Bertz CT molecular complexity index is 495. The van der Waals surface area contributed by atoms with E-state index >= 15 is 0 Å². The predicted octanol–water partition coefficient (Wildman–Crippen LogP) is 1.27. The Labute approximate surface area is 119 Å². The summed E-state index contributed by atoms with van der Waals surface area (Å²) in [6.07, 6.45) is 2.09. The van der Waals surface area contributed by atoms with Gasteiger partial charge >= 0.3 is 0 Å². The molecule has 6 nitrogen and oxygen atoms in total. The molecular formula is C11H22N4O2S2. The zero-order chi connectivity index (χ0) is 14.5. The fourth-order valence-corrected chi connectivity index (χ4v) is 3.90. The zero-order valence-corrected chi connectivity index (χ0v) is 13.3. The van der Waals surface area contributed by atoms with Crippen LogP contribution in [-0.4, -0.2) is 50.1 Å². The number of nitrogens with two attached hydrogens (primary N) is 1. The van der Waals surface area contributed by atoms with Crippen LogP contribution < -0.4 is 11.1 Å². The van der Waals surface area contributed by atoms with E-state index in [2.05, 4.69) is 28.4 Å². The predicted molar refractivity (Wildman–Crippen MR) is 80.5 cm³/mol. The van der Waals surface area contributed by atoms with Crippen molar-refractivity contribution >= 4 is 32.2 Å². The highest BCUT2D eigenvalue weighted by atomic mass is 32.2. The third kappa shape index (κ3) is 4.63. The SMILES string of the molecule is CCN(CC)CCCNc1snc(N)c1S(C)(=O)=O. The van der Waals surface area contributed by atoms with Crippen molar-refractivity contribution in [1.82, 2.24) is 9.27 Å². The van der Waals surface area contributed by atoms with Gasteiger partial charge in [-0.3, -0.25) is 0 Å². The van der Waals surface area contributed by atoms with Crippen LogP contribution in [0.25, 0.3) is 0 Å². The minimum absolute atomic E-state index is 0.0822. The third-order valence-electron chi connectivity index (χ3n) is 2.88. The van der Waals surface area contributed by atoms with Crippen molar-refractivity contribution in [1.29, 1.82) is 0 Å². The van der Waals surface area contributed by atoms with Crippen LogP contribution in [0.2, 0.25) is 0 Å². The maximum Gasteiger partial charge on any atom is 0.182 e. The second-order valence-corrected chi connectivity index (χ2v) is 7.03. The van der Waals surface area contributed by atoms with Crippen molar-refractivity contribution in [2.45, 2.75) is 25.2 Å². The summed E-state index contributed by atoms with van der Waals surface area (Å²) in [5.74, 6) is 0.0822. The molecule has 0 radical (unpaired) electrons. The van der Waals surface area contributed by atoms with Gasteiger partial charge in [-0.1, -0.05) is 13.8 Å². The Morgan fingerprint density at radius 1 is 1.37 bits per heavy atom. The summed E-state index contributed by atoms with van der Waals surface area (Å²) in [5, 5.41) is 3.66. The van der Waals surface area contributed by atoms with Crippen molar-refractivity contribution in [2.75, 3.05) is 43.5 Å². The largest absolute Gasteiger partial charge is 0.382 e. The van der Waals surface area contributed by atoms with Crippen LogP contribution in [-0.2, 0) is 9.84 Å². The van der Waals surface area contributed by atoms with Gasteiger partial charge in [-0.15, -0.1) is 0 Å². The molecule has 8 heteroatoms. The highest BCUT2D eigenvalue weighted by Gasteiger charge is 2.20. The Hall–Kier alpha value is -0.860. The van der Waals surface area contributed by atoms with E-state index in [1.54, 1.807) is 0 Å². The molecule has 0 amide bonds. The molecule has 0 saturated heterocycles. The van der Waals surface area contributed by atoms with Crippen LogP contribution in [0.3, 0.4) is 0 Å². The van der Waals surface area contributed by atoms with E-state index in [9.17, 15) is 8.42 Å². The molecule has 19 heavy (non-hydrogen) atoms. The highest BCUT2D eigenvalue weighted by Crippen LogP contribution is 2.31. The number of aromatic nitrogens is 1. The second kappa shape index (κ2) is 7.06. The van der Waals surface area contributed by atoms with Crippen LogP contribution in [0.15, 0.2) is 4.90 Å². The number of nitrogens with zero attached hydrogens (tertiary/aromatic N) is 2. The molecule has 0 aliphatic heterocycles. The first kappa shape index (κ1) is 16.2. The third-order valence-corrected chi connectivity index (χ3v) is 4.98.